The summed E-state index contributed by atoms with van der Waals surface area (Å²) < 4.78 is 1.01. The molecule has 2 rings (SSSR count). The Kier molecular flexibility index (Phi) is 3.62. The molecule has 0 saturated carbocycles. The normalized spacial score (nSPS) is 26.6. The van der Waals surface area contributed by atoms with Crippen LogP contribution in [-0.4, -0.2) is 28.5 Å². The zero-order valence-corrected chi connectivity index (χ0v) is 11.3. The Bertz CT molecular complexity index is 350. The Hall–Kier alpha value is -0.450. The van der Waals surface area contributed by atoms with Gasteiger partial charge in [-0.1, -0.05) is 0 Å². The number of nitrogens with two attached hydrogens (primary N) is 1. The second-order valence-electron chi connectivity index (χ2n) is 4.63. The molecule has 4 heteroatoms. The van der Waals surface area contributed by atoms with Crippen LogP contribution in [0.5, 0.6) is 0 Å². The monoisotopic (exact) mass is 283 g/mol. The molecule has 0 radical (unpaired) electrons. The predicted molar refractivity (Wildman–Crippen MR) is 69.1 cm³/mol. The largest absolute Gasteiger partial charge is 0.326 e. The molecule has 1 saturated heterocycles. The van der Waals surface area contributed by atoms with Crippen molar-refractivity contribution in [1.29, 1.82) is 0 Å². The van der Waals surface area contributed by atoms with Gasteiger partial charge in [-0.15, -0.1) is 0 Å². The lowest BCUT2D eigenvalue weighted by atomic mass is 10.1. The highest BCUT2D eigenvalue weighted by atomic mass is 79.9. The Morgan fingerprint density at radius 2 is 2.25 bits per heavy atom. The van der Waals surface area contributed by atoms with Gasteiger partial charge in [0.2, 0.25) is 0 Å². The Labute approximate surface area is 105 Å². The van der Waals surface area contributed by atoms with E-state index in [9.17, 15) is 0 Å². The zero-order chi connectivity index (χ0) is 11.7. The fourth-order valence-corrected chi connectivity index (χ4v) is 2.61. The number of halogens is 1. The average molecular weight is 284 g/mol. The summed E-state index contributed by atoms with van der Waals surface area (Å²) in [5.74, 6) is 0. The van der Waals surface area contributed by atoms with Crippen LogP contribution in [0, 0.1) is 0 Å². The molecule has 0 aromatic carbocycles. The van der Waals surface area contributed by atoms with Gasteiger partial charge in [-0.3, -0.25) is 9.88 Å². The number of aromatic nitrogens is 1. The Balaban J connectivity index is 2.26. The topological polar surface area (TPSA) is 42.1 Å². The van der Waals surface area contributed by atoms with Gasteiger partial charge in [0.15, 0.2) is 0 Å². The highest BCUT2D eigenvalue weighted by Gasteiger charge is 2.34. The summed E-state index contributed by atoms with van der Waals surface area (Å²) in [5, 5.41) is 0. The van der Waals surface area contributed by atoms with Gasteiger partial charge >= 0.3 is 0 Å². The van der Waals surface area contributed by atoms with Crippen molar-refractivity contribution in [1.82, 2.24) is 9.88 Å². The molecule has 2 unspecified atom stereocenters. The van der Waals surface area contributed by atoms with Gasteiger partial charge in [-0.25, -0.2) is 0 Å². The standard InChI is InChI=1S/C12H18BrN3/c1-8(2)16-6-5-10(14)12(16)11-4-3-9(13)7-15-11/h3-4,7-8,10,12H,5-6,14H2,1-2H3. The van der Waals surface area contributed by atoms with Crippen LogP contribution < -0.4 is 5.73 Å². The molecule has 0 bridgehead atoms. The van der Waals surface area contributed by atoms with Gasteiger partial charge in [0, 0.05) is 29.3 Å². The first-order valence-corrected chi connectivity index (χ1v) is 6.51. The molecular formula is C12H18BrN3. The maximum atomic E-state index is 6.18. The Morgan fingerprint density at radius 3 is 2.81 bits per heavy atom. The average Bonchev–Trinajstić information content (AvgIpc) is 2.62. The molecule has 1 fully saturated rings. The van der Waals surface area contributed by atoms with Gasteiger partial charge in [-0.2, -0.15) is 0 Å². The van der Waals surface area contributed by atoms with Crippen molar-refractivity contribution in [3.63, 3.8) is 0 Å². The summed E-state index contributed by atoms with van der Waals surface area (Å²) in [5.41, 5.74) is 7.27. The molecule has 1 aromatic rings. The van der Waals surface area contributed by atoms with Gasteiger partial charge in [0.25, 0.3) is 0 Å². The summed E-state index contributed by atoms with van der Waals surface area (Å²) in [6.45, 7) is 5.50. The Morgan fingerprint density at radius 1 is 1.50 bits per heavy atom. The van der Waals surface area contributed by atoms with E-state index in [0.717, 1.165) is 23.1 Å². The number of rotatable bonds is 2. The second-order valence-corrected chi connectivity index (χ2v) is 5.55. The van der Waals surface area contributed by atoms with Gasteiger partial charge < -0.3 is 5.73 Å². The van der Waals surface area contributed by atoms with Crippen LogP contribution in [0.4, 0.5) is 0 Å². The minimum atomic E-state index is 0.205. The minimum Gasteiger partial charge on any atom is -0.326 e. The van der Waals surface area contributed by atoms with E-state index in [1.54, 1.807) is 0 Å². The van der Waals surface area contributed by atoms with Crippen LogP contribution in [-0.2, 0) is 0 Å². The fourth-order valence-electron chi connectivity index (χ4n) is 2.37. The van der Waals surface area contributed by atoms with Crippen molar-refractivity contribution in [3.8, 4) is 0 Å². The van der Waals surface area contributed by atoms with E-state index in [0.29, 0.717) is 6.04 Å². The molecule has 0 spiro atoms. The van der Waals surface area contributed by atoms with Crippen LogP contribution in [0.15, 0.2) is 22.8 Å². The molecule has 88 valence electrons. The van der Waals surface area contributed by atoms with Crippen molar-refractivity contribution in [2.75, 3.05) is 6.54 Å². The van der Waals surface area contributed by atoms with Crippen LogP contribution >= 0.6 is 15.9 Å². The first-order valence-electron chi connectivity index (χ1n) is 5.72. The van der Waals surface area contributed by atoms with Crippen molar-refractivity contribution in [2.24, 2.45) is 5.73 Å². The predicted octanol–water partition coefficient (Wildman–Crippen LogP) is 2.33. The summed E-state index contributed by atoms with van der Waals surface area (Å²) in [4.78, 5) is 6.91. The molecule has 1 aromatic heterocycles. The maximum absolute atomic E-state index is 6.18. The van der Waals surface area contributed by atoms with E-state index in [-0.39, 0.29) is 12.1 Å². The molecular weight excluding hydrogens is 266 g/mol. The van der Waals surface area contributed by atoms with E-state index in [1.165, 1.54) is 0 Å². The van der Waals surface area contributed by atoms with Crippen molar-refractivity contribution in [2.45, 2.75) is 38.4 Å². The number of pyridine rings is 1. The molecule has 2 atom stereocenters. The molecule has 3 nitrogen and oxygen atoms in total. The molecule has 0 aliphatic carbocycles. The lowest BCUT2D eigenvalue weighted by molar-refractivity contribution is 0.195. The highest BCUT2D eigenvalue weighted by Crippen LogP contribution is 2.31. The van der Waals surface area contributed by atoms with Crippen molar-refractivity contribution in [3.05, 3.63) is 28.5 Å². The number of nitrogens with zero attached hydrogens (tertiary/aromatic N) is 2. The van der Waals surface area contributed by atoms with E-state index in [2.05, 4.69) is 45.7 Å². The molecule has 2 heterocycles. The summed E-state index contributed by atoms with van der Waals surface area (Å²) in [7, 11) is 0. The van der Waals surface area contributed by atoms with Crippen LogP contribution in [0.3, 0.4) is 0 Å². The third-order valence-electron chi connectivity index (χ3n) is 3.20. The van der Waals surface area contributed by atoms with E-state index in [1.807, 2.05) is 12.3 Å². The SMILES string of the molecule is CC(C)N1CCC(N)C1c1ccc(Br)cn1. The van der Waals surface area contributed by atoms with Crippen molar-refractivity contribution >= 4 is 15.9 Å². The minimum absolute atomic E-state index is 0.205. The van der Waals surface area contributed by atoms with Crippen molar-refractivity contribution < 1.29 is 0 Å². The second kappa shape index (κ2) is 4.82. The first-order chi connectivity index (χ1) is 7.59. The first kappa shape index (κ1) is 12.0. The zero-order valence-electron chi connectivity index (χ0n) is 9.73. The quantitative estimate of drug-likeness (QED) is 0.906. The lowest BCUT2D eigenvalue weighted by Gasteiger charge is -2.29. The summed E-state index contributed by atoms with van der Waals surface area (Å²) in [6, 6.07) is 5.09. The highest BCUT2D eigenvalue weighted by molar-refractivity contribution is 9.10. The van der Waals surface area contributed by atoms with E-state index >= 15 is 0 Å². The van der Waals surface area contributed by atoms with Crippen LogP contribution in [0.25, 0.3) is 0 Å². The molecule has 2 N–H and O–H groups in total. The van der Waals surface area contributed by atoms with Gasteiger partial charge in [0.05, 0.1) is 11.7 Å². The van der Waals surface area contributed by atoms with Crippen LogP contribution in [0.2, 0.25) is 0 Å². The third kappa shape index (κ3) is 2.29. The number of hydrogen-bond donors (Lipinski definition) is 1. The van der Waals surface area contributed by atoms with Gasteiger partial charge in [-0.05, 0) is 48.3 Å². The molecule has 1 aliphatic heterocycles. The van der Waals surface area contributed by atoms with Gasteiger partial charge in [0.1, 0.15) is 0 Å². The molecule has 1 aliphatic rings. The number of likely N-dealkylation sites (tertiary alicyclic amines) is 1. The summed E-state index contributed by atoms with van der Waals surface area (Å²) in [6.07, 6.45) is 2.90. The summed E-state index contributed by atoms with van der Waals surface area (Å²) >= 11 is 3.41. The maximum Gasteiger partial charge on any atom is 0.0676 e. The molecule has 0 amide bonds. The fraction of sp³-hybridized carbons (Fsp3) is 0.583. The van der Waals surface area contributed by atoms with Crippen LogP contribution in [0.1, 0.15) is 32.0 Å². The molecule has 16 heavy (non-hydrogen) atoms. The van der Waals surface area contributed by atoms with E-state index in [4.69, 9.17) is 5.73 Å². The lowest BCUT2D eigenvalue weighted by Crippen LogP contribution is -2.36. The number of hydrogen-bond acceptors (Lipinski definition) is 3. The third-order valence-corrected chi connectivity index (χ3v) is 3.67. The van der Waals surface area contributed by atoms with E-state index < -0.39 is 0 Å². The smallest absolute Gasteiger partial charge is 0.0676 e.